The summed E-state index contributed by atoms with van der Waals surface area (Å²) < 4.78 is 0.738. The lowest BCUT2D eigenvalue weighted by Gasteiger charge is -2.22. The number of aromatic nitrogens is 1. The standard InChI is InChI=1S/C13H19BrN2O/c1-4-10(5-2)9(3)16-13(17)11-6-7-12(14)15-8-11/h6-10H,4-5H2,1-3H3,(H,16,17). The molecule has 0 aliphatic heterocycles. The number of carbonyl (C=O) groups is 1. The molecular weight excluding hydrogens is 280 g/mol. The molecule has 1 rings (SSSR count). The molecule has 0 fully saturated rings. The highest BCUT2D eigenvalue weighted by atomic mass is 79.9. The molecule has 0 saturated heterocycles. The van der Waals surface area contributed by atoms with Crippen molar-refractivity contribution in [2.24, 2.45) is 5.92 Å². The number of carbonyl (C=O) groups excluding carboxylic acids is 1. The molecule has 1 unspecified atom stereocenters. The van der Waals surface area contributed by atoms with Gasteiger partial charge in [-0.15, -0.1) is 0 Å². The quantitative estimate of drug-likeness (QED) is 0.847. The van der Waals surface area contributed by atoms with Crippen molar-refractivity contribution in [3.05, 3.63) is 28.5 Å². The fraction of sp³-hybridized carbons (Fsp3) is 0.538. The van der Waals surface area contributed by atoms with Crippen LogP contribution in [-0.4, -0.2) is 16.9 Å². The molecule has 3 nitrogen and oxygen atoms in total. The number of rotatable bonds is 5. The van der Waals surface area contributed by atoms with Crippen molar-refractivity contribution >= 4 is 21.8 Å². The fourth-order valence-electron chi connectivity index (χ4n) is 1.91. The third-order valence-electron chi connectivity index (χ3n) is 3.10. The summed E-state index contributed by atoms with van der Waals surface area (Å²) in [6.45, 7) is 6.36. The van der Waals surface area contributed by atoms with Crippen molar-refractivity contribution < 1.29 is 4.79 Å². The van der Waals surface area contributed by atoms with Crippen molar-refractivity contribution in [2.45, 2.75) is 39.7 Å². The minimum atomic E-state index is -0.0515. The zero-order chi connectivity index (χ0) is 12.8. The summed E-state index contributed by atoms with van der Waals surface area (Å²) in [7, 11) is 0. The predicted octanol–water partition coefficient (Wildman–Crippen LogP) is 3.40. The van der Waals surface area contributed by atoms with Gasteiger partial charge in [0, 0.05) is 12.2 Å². The van der Waals surface area contributed by atoms with Gasteiger partial charge in [0.05, 0.1) is 5.56 Å². The summed E-state index contributed by atoms with van der Waals surface area (Å²) in [6.07, 6.45) is 3.74. The fourth-order valence-corrected chi connectivity index (χ4v) is 2.15. The molecule has 0 bridgehead atoms. The molecule has 0 saturated carbocycles. The van der Waals surface area contributed by atoms with Crippen molar-refractivity contribution in [3.8, 4) is 0 Å². The number of halogens is 1. The van der Waals surface area contributed by atoms with Crippen molar-refractivity contribution in [3.63, 3.8) is 0 Å². The third-order valence-corrected chi connectivity index (χ3v) is 3.57. The van der Waals surface area contributed by atoms with Gasteiger partial charge in [-0.2, -0.15) is 0 Å². The first kappa shape index (κ1) is 14.2. The van der Waals surface area contributed by atoms with Crippen LogP contribution in [0.5, 0.6) is 0 Å². The Hall–Kier alpha value is -0.900. The zero-order valence-electron chi connectivity index (χ0n) is 10.5. The smallest absolute Gasteiger partial charge is 0.253 e. The Labute approximate surface area is 111 Å². The molecule has 1 amide bonds. The van der Waals surface area contributed by atoms with Crippen LogP contribution in [0.3, 0.4) is 0 Å². The van der Waals surface area contributed by atoms with Crippen molar-refractivity contribution in [1.82, 2.24) is 10.3 Å². The Bertz CT molecular complexity index is 360. The van der Waals surface area contributed by atoms with Gasteiger partial charge in [0.2, 0.25) is 0 Å². The highest BCUT2D eigenvalue weighted by molar-refractivity contribution is 9.10. The molecule has 0 radical (unpaired) electrons. The largest absolute Gasteiger partial charge is 0.349 e. The highest BCUT2D eigenvalue weighted by Crippen LogP contribution is 2.13. The molecule has 0 aliphatic carbocycles. The van der Waals surface area contributed by atoms with Gasteiger partial charge >= 0.3 is 0 Å². The molecule has 0 spiro atoms. The van der Waals surface area contributed by atoms with Crippen LogP contribution in [0.1, 0.15) is 44.0 Å². The number of nitrogens with zero attached hydrogens (tertiary/aromatic N) is 1. The molecule has 17 heavy (non-hydrogen) atoms. The van der Waals surface area contributed by atoms with Crippen LogP contribution in [0.4, 0.5) is 0 Å². The van der Waals surface area contributed by atoms with E-state index >= 15 is 0 Å². The molecule has 1 aromatic rings. The van der Waals surface area contributed by atoms with E-state index in [4.69, 9.17) is 0 Å². The summed E-state index contributed by atoms with van der Waals surface area (Å²) in [5.74, 6) is 0.478. The molecule has 94 valence electrons. The third kappa shape index (κ3) is 4.11. The van der Waals surface area contributed by atoms with Crippen LogP contribution in [0, 0.1) is 5.92 Å². The van der Waals surface area contributed by atoms with Crippen molar-refractivity contribution in [2.75, 3.05) is 0 Å². The summed E-state index contributed by atoms with van der Waals surface area (Å²) in [5, 5.41) is 3.02. The lowest BCUT2D eigenvalue weighted by molar-refractivity contribution is 0.0925. The molecule has 1 aromatic heterocycles. The Morgan fingerprint density at radius 2 is 2.06 bits per heavy atom. The molecule has 4 heteroatoms. The van der Waals surface area contributed by atoms with Crippen LogP contribution in [0.15, 0.2) is 22.9 Å². The molecule has 1 heterocycles. The number of pyridine rings is 1. The summed E-state index contributed by atoms with van der Waals surface area (Å²) >= 11 is 3.25. The topological polar surface area (TPSA) is 42.0 Å². The van der Waals surface area contributed by atoms with E-state index in [1.165, 1.54) is 0 Å². The van der Waals surface area contributed by atoms with E-state index in [1.54, 1.807) is 18.3 Å². The second-order valence-electron chi connectivity index (χ2n) is 4.21. The van der Waals surface area contributed by atoms with Crippen LogP contribution < -0.4 is 5.32 Å². The Kier molecular flexibility index (Phi) is 5.62. The lowest BCUT2D eigenvalue weighted by atomic mass is 9.95. The van der Waals surface area contributed by atoms with Crippen LogP contribution in [0.2, 0.25) is 0 Å². The van der Waals surface area contributed by atoms with Gasteiger partial charge in [0.15, 0.2) is 0 Å². The van der Waals surface area contributed by atoms with Gasteiger partial charge in [-0.3, -0.25) is 4.79 Å². The minimum absolute atomic E-state index is 0.0515. The summed E-state index contributed by atoms with van der Waals surface area (Å²) in [6, 6.07) is 3.74. The Morgan fingerprint density at radius 3 is 2.53 bits per heavy atom. The average Bonchev–Trinajstić information content (AvgIpc) is 2.31. The number of hydrogen-bond acceptors (Lipinski definition) is 2. The second-order valence-corrected chi connectivity index (χ2v) is 5.02. The summed E-state index contributed by atoms with van der Waals surface area (Å²) in [5.41, 5.74) is 0.603. The number of amides is 1. The Morgan fingerprint density at radius 1 is 1.41 bits per heavy atom. The SMILES string of the molecule is CCC(CC)C(C)NC(=O)c1ccc(Br)nc1. The van der Waals surface area contributed by atoms with Crippen LogP contribution >= 0.6 is 15.9 Å². The maximum Gasteiger partial charge on any atom is 0.253 e. The van der Waals surface area contributed by atoms with E-state index in [1.807, 2.05) is 0 Å². The number of nitrogens with one attached hydrogen (secondary N) is 1. The highest BCUT2D eigenvalue weighted by Gasteiger charge is 2.16. The molecule has 1 N–H and O–H groups in total. The van der Waals surface area contributed by atoms with E-state index in [9.17, 15) is 4.79 Å². The van der Waals surface area contributed by atoms with Gasteiger partial charge < -0.3 is 5.32 Å². The second kappa shape index (κ2) is 6.74. The lowest BCUT2D eigenvalue weighted by Crippen LogP contribution is -2.37. The van der Waals surface area contributed by atoms with E-state index in [0.29, 0.717) is 11.5 Å². The van der Waals surface area contributed by atoms with E-state index in [0.717, 1.165) is 17.4 Å². The first-order valence-electron chi connectivity index (χ1n) is 6.00. The zero-order valence-corrected chi connectivity index (χ0v) is 12.1. The Balaban J connectivity index is 2.62. The minimum Gasteiger partial charge on any atom is -0.349 e. The molecular formula is C13H19BrN2O. The first-order valence-corrected chi connectivity index (χ1v) is 6.80. The van der Waals surface area contributed by atoms with E-state index < -0.39 is 0 Å². The molecule has 0 aromatic carbocycles. The average molecular weight is 299 g/mol. The van der Waals surface area contributed by atoms with Crippen LogP contribution in [-0.2, 0) is 0 Å². The van der Waals surface area contributed by atoms with Gasteiger partial charge in [-0.1, -0.05) is 26.7 Å². The monoisotopic (exact) mass is 298 g/mol. The van der Waals surface area contributed by atoms with E-state index in [-0.39, 0.29) is 11.9 Å². The first-order chi connectivity index (χ1) is 8.08. The van der Waals surface area contributed by atoms with Gasteiger partial charge in [-0.05, 0) is 40.9 Å². The van der Waals surface area contributed by atoms with Gasteiger partial charge in [-0.25, -0.2) is 4.98 Å². The van der Waals surface area contributed by atoms with Gasteiger partial charge in [0.1, 0.15) is 4.60 Å². The maximum atomic E-state index is 11.9. The molecule has 0 aliphatic rings. The summed E-state index contributed by atoms with van der Waals surface area (Å²) in [4.78, 5) is 16.0. The van der Waals surface area contributed by atoms with Gasteiger partial charge in [0.25, 0.3) is 5.91 Å². The molecule has 1 atom stereocenters. The normalized spacial score (nSPS) is 12.5. The van der Waals surface area contributed by atoms with Crippen molar-refractivity contribution in [1.29, 1.82) is 0 Å². The van der Waals surface area contributed by atoms with Crippen LogP contribution in [0.25, 0.3) is 0 Å². The maximum absolute atomic E-state index is 11.9. The van der Waals surface area contributed by atoms with E-state index in [2.05, 4.69) is 47.0 Å². The number of hydrogen-bond donors (Lipinski definition) is 1. The predicted molar refractivity (Wildman–Crippen MR) is 72.9 cm³/mol.